The number of nitrogens with zero attached hydrogens (tertiary/aromatic N) is 2. The summed E-state index contributed by atoms with van der Waals surface area (Å²) in [5.74, 6) is -0.853. The summed E-state index contributed by atoms with van der Waals surface area (Å²) in [7, 11) is -3.36. The minimum atomic E-state index is -4.73. The van der Waals surface area contributed by atoms with Crippen LogP contribution in [0.3, 0.4) is 0 Å². The summed E-state index contributed by atoms with van der Waals surface area (Å²) in [6.07, 6.45) is -4.33. The van der Waals surface area contributed by atoms with Crippen LogP contribution < -0.4 is 5.56 Å². The molecule has 7 nitrogen and oxygen atoms in total. The van der Waals surface area contributed by atoms with Crippen molar-refractivity contribution in [2.24, 2.45) is 0 Å². The Kier molecular flexibility index (Phi) is 8.30. The van der Waals surface area contributed by atoms with E-state index in [1.807, 2.05) is 42.5 Å². The maximum atomic E-state index is 14.4. The standard InChI is InChI=1S/C33H31F3N2O5S/c1-5-16-37-19-27(32(40)43-4)38-30(39)28(20(2)3)26(18-22-12-8-11-21-10-6-7-15-25(21)22)29(31(38)44(37,41)42)23-13-9-14-24(17-23)33(34,35)36/h6-15,17,27H,2,5,16,18-19H2,1,3-4H3. The summed E-state index contributed by atoms with van der Waals surface area (Å²) in [4.78, 5) is 27.5. The second kappa shape index (κ2) is 11.7. The number of methoxy groups -OCH3 is 1. The third-order valence-electron chi connectivity index (χ3n) is 7.84. The second-order valence-electron chi connectivity index (χ2n) is 10.8. The van der Waals surface area contributed by atoms with Crippen molar-refractivity contribution in [1.82, 2.24) is 8.87 Å². The highest BCUT2D eigenvalue weighted by Gasteiger charge is 2.45. The summed E-state index contributed by atoms with van der Waals surface area (Å²) in [6.45, 7) is 6.98. The first-order chi connectivity index (χ1) is 20.8. The summed E-state index contributed by atoms with van der Waals surface area (Å²) < 4.78 is 77.6. The van der Waals surface area contributed by atoms with E-state index in [4.69, 9.17) is 4.74 Å². The van der Waals surface area contributed by atoms with Crippen molar-refractivity contribution >= 4 is 32.3 Å². The molecule has 1 aromatic heterocycles. The maximum absolute atomic E-state index is 14.4. The lowest BCUT2D eigenvalue weighted by atomic mass is 9.88. The lowest BCUT2D eigenvalue weighted by molar-refractivity contribution is -0.145. The Morgan fingerprint density at radius 3 is 2.41 bits per heavy atom. The van der Waals surface area contributed by atoms with E-state index in [0.717, 1.165) is 44.5 Å². The van der Waals surface area contributed by atoms with Crippen molar-refractivity contribution in [1.29, 1.82) is 0 Å². The van der Waals surface area contributed by atoms with Crippen molar-refractivity contribution in [2.75, 3.05) is 20.2 Å². The maximum Gasteiger partial charge on any atom is 0.416 e. The molecular weight excluding hydrogens is 593 g/mol. The average Bonchev–Trinajstić information content (AvgIpc) is 2.98. The molecular formula is C33H31F3N2O5S. The number of aromatic nitrogens is 1. The van der Waals surface area contributed by atoms with E-state index in [2.05, 4.69) is 6.58 Å². The van der Waals surface area contributed by atoms with Crippen LogP contribution in [0.4, 0.5) is 13.2 Å². The van der Waals surface area contributed by atoms with Gasteiger partial charge in [0.15, 0.2) is 5.03 Å². The zero-order valence-corrected chi connectivity index (χ0v) is 25.3. The minimum Gasteiger partial charge on any atom is -0.467 e. The molecule has 4 aromatic rings. The van der Waals surface area contributed by atoms with E-state index >= 15 is 0 Å². The van der Waals surface area contributed by atoms with Crippen LogP contribution in [0.25, 0.3) is 27.5 Å². The molecule has 1 atom stereocenters. The molecule has 0 amide bonds. The number of pyridine rings is 1. The van der Waals surface area contributed by atoms with E-state index < -0.39 is 44.4 Å². The molecule has 44 heavy (non-hydrogen) atoms. The fraction of sp³-hybridized carbons (Fsp3) is 0.273. The Labute approximate surface area is 253 Å². The first-order valence-corrected chi connectivity index (χ1v) is 15.4. The Hall–Kier alpha value is -4.22. The minimum absolute atomic E-state index is 0.00436. The largest absolute Gasteiger partial charge is 0.467 e. The average molecular weight is 625 g/mol. The third-order valence-corrected chi connectivity index (χ3v) is 9.74. The van der Waals surface area contributed by atoms with Gasteiger partial charge >= 0.3 is 12.1 Å². The smallest absolute Gasteiger partial charge is 0.416 e. The van der Waals surface area contributed by atoms with Gasteiger partial charge in [0.25, 0.3) is 15.6 Å². The van der Waals surface area contributed by atoms with Crippen LogP contribution in [0.2, 0.25) is 0 Å². The van der Waals surface area contributed by atoms with Crippen molar-refractivity contribution < 1.29 is 31.1 Å². The Morgan fingerprint density at radius 1 is 1.07 bits per heavy atom. The summed E-state index contributed by atoms with van der Waals surface area (Å²) >= 11 is 0. The Morgan fingerprint density at radius 2 is 1.75 bits per heavy atom. The lowest BCUT2D eigenvalue weighted by Gasteiger charge is -2.36. The number of rotatable bonds is 7. The normalized spacial score (nSPS) is 16.5. The molecule has 1 unspecified atom stereocenters. The van der Waals surface area contributed by atoms with Crippen LogP contribution in [0.5, 0.6) is 0 Å². The Bertz CT molecular complexity index is 1960. The topological polar surface area (TPSA) is 85.7 Å². The van der Waals surface area contributed by atoms with Gasteiger partial charge in [-0.1, -0.05) is 68.1 Å². The second-order valence-corrected chi connectivity index (χ2v) is 12.6. The van der Waals surface area contributed by atoms with E-state index in [9.17, 15) is 31.2 Å². The number of hydrogen-bond acceptors (Lipinski definition) is 5. The number of esters is 1. The van der Waals surface area contributed by atoms with E-state index in [1.165, 1.54) is 12.1 Å². The molecule has 1 aliphatic heterocycles. The molecule has 0 aliphatic carbocycles. The number of ether oxygens (including phenoxy) is 1. The molecule has 3 aromatic carbocycles. The SMILES string of the molecule is C=C(C)c1c(Cc2cccc3ccccc23)c(-c2cccc(C(F)(F)F)c2)c2n(c1=O)C(C(=O)OC)CN(CCC)S2(=O)=O. The van der Waals surface area contributed by atoms with E-state index in [1.54, 1.807) is 13.8 Å². The van der Waals surface area contributed by atoms with E-state index in [-0.39, 0.29) is 47.3 Å². The van der Waals surface area contributed by atoms with Gasteiger partial charge in [-0.15, -0.1) is 0 Å². The summed E-state index contributed by atoms with van der Waals surface area (Å²) in [5, 5.41) is 1.18. The van der Waals surface area contributed by atoms with Gasteiger partial charge in [0.1, 0.15) is 6.04 Å². The molecule has 0 saturated carbocycles. The van der Waals surface area contributed by atoms with Crippen LogP contribution in [0, 0.1) is 0 Å². The van der Waals surface area contributed by atoms with Gasteiger partial charge in [-0.25, -0.2) is 13.2 Å². The van der Waals surface area contributed by atoms with Gasteiger partial charge in [0.2, 0.25) is 0 Å². The first kappa shape index (κ1) is 31.2. The molecule has 5 rings (SSSR count). The van der Waals surface area contributed by atoms with Gasteiger partial charge in [-0.3, -0.25) is 9.36 Å². The van der Waals surface area contributed by atoms with Gasteiger partial charge in [0, 0.05) is 24.2 Å². The monoisotopic (exact) mass is 624 g/mol. The fourth-order valence-corrected chi connectivity index (χ4v) is 7.89. The number of fused-ring (bicyclic) bond motifs is 2. The van der Waals surface area contributed by atoms with Crippen LogP contribution in [0.15, 0.2) is 83.1 Å². The molecule has 2 heterocycles. The number of halogens is 3. The van der Waals surface area contributed by atoms with Crippen molar-refractivity contribution in [2.45, 2.75) is 43.9 Å². The highest BCUT2D eigenvalue weighted by Crippen LogP contribution is 2.42. The summed E-state index contributed by atoms with van der Waals surface area (Å²) in [5.41, 5.74) is -0.693. The number of sulfonamides is 1. The van der Waals surface area contributed by atoms with Gasteiger partial charge in [-0.05, 0) is 64.9 Å². The first-order valence-electron chi connectivity index (χ1n) is 14.0. The predicted octanol–water partition coefficient (Wildman–Crippen LogP) is 6.44. The van der Waals surface area contributed by atoms with Crippen LogP contribution >= 0.6 is 0 Å². The van der Waals surface area contributed by atoms with E-state index in [0.29, 0.717) is 6.42 Å². The third kappa shape index (κ3) is 5.35. The molecule has 230 valence electrons. The molecule has 0 N–H and O–H groups in total. The zero-order chi connectivity index (χ0) is 32.0. The molecule has 1 aliphatic rings. The molecule has 0 fully saturated rings. The molecule has 0 radical (unpaired) electrons. The fourth-order valence-electron chi connectivity index (χ4n) is 5.93. The molecule has 11 heteroatoms. The quantitative estimate of drug-likeness (QED) is 0.221. The number of benzene rings is 3. The van der Waals surface area contributed by atoms with Crippen molar-refractivity contribution in [3.63, 3.8) is 0 Å². The highest BCUT2D eigenvalue weighted by atomic mass is 32.2. The van der Waals surface area contributed by atoms with Crippen LogP contribution in [-0.2, 0) is 32.2 Å². The molecule has 0 spiro atoms. The number of hydrogen-bond donors (Lipinski definition) is 0. The zero-order valence-electron chi connectivity index (χ0n) is 24.4. The number of carbonyl (C=O) groups is 1. The summed E-state index contributed by atoms with van der Waals surface area (Å²) in [6, 6.07) is 16.0. The van der Waals surface area contributed by atoms with Crippen molar-refractivity contribution in [3.05, 3.63) is 106 Å². The lowest BCUT2D eigenvalue weighted by Crippen LogP contribution is -2.50. The number of alkyl halides is 3. The van der Waals surface area contributed by atoms with Gasteiger partial charge in [-0.2, -0.15) is 17.5 Å². The predicted molar refractivity (Wildman–Crippen MR) is 163 cm³/mol. The molecule has 0 bridgehead atoms. The van der Waals surface area contributed by atoms with Gasteiger partial charge in [0.05, 0.1) is 12.7 Å². The Balaban J connectivity index is 1.99. The van der Waals surface area contributed by atoms with Crippen molar-refractivity contribution in [3.8, 4) is 11.1 Å². The van der Waals surface area contributed by atoms with Gasteiger partial charge < -0.3 is 4.74 Å². The van der Waals surface area contributed by atoms with Crippen LogP contribution in [0.1, 0.15) is 48.6 Å². The highest BCUT2D eigenvalue weighted by molar-refractivity contribution is 7.89. The van der Waals surface area contributed by atoms with Crippen LogP contribution in [-0.4, -0.2) is 43.5 Å². The number of allylic oxidation sites excluding steroid dienone is 1. The molecule has 0 saturated heterocycles. The number of carbonyl (C=O) groups excluding carboxylic acids is 1.